The number of carboxylic acid groups (broad SMARTS) is 2. The molecule has 0 saturated carbocycles. The van der Waals surface area contributed by atoms with E-state index in [1.54, 1.807) is 0 Å². The Morgan fingerprint density at radius 1 is 0.600 bits per heavy atom. The van der Waals surface area contributed by atoms with Crippen LogP contribution in [0.5, 0.6) is 0 Å². The zero-order valence-corrected chi connectivity index (χ0v) is 25.0. The lowest BCUT2D eigenvalue weighted by Gasteiger charge is -2.08. The maximum atomic E-state index is 12.1. The van der Waals surface area contributed by atoms with Crippen LogP contribution in [0.15, 0.2) is 0 Å². The molecule has 1 atom stereocenters. The van der Waals surface area contributed by atoms with Gasteiger partial charge in [-0.15, -0.1) is 0 Å². The smallest absolute Gasteiger partial charge is 0.320 e. The first-order valence-electron chi connectivity index (χ1n) is 15.0. The second-order valence-electron chi connectivity index (χ2n) is 10.6. The summed E-state index contributed by atoms with van der Waals surface area (Å²) in [5.41, 5.74) is 5.40. The molecule has 0 bridgehead atoms. The van der Waals surface area contributed by atoms with E-state index in [0.29, 0.717) is 32.2 Å². The second-order valence-corrected chi connectivity index (χ2v) is 12.4. The molecule has 0 aliphatic heterocycles. The summed E-state index contributed by atoms with van der Waals surface area (Å²) in [7, 11) is -3.77. The number of carbonyl (C=O) groups is 4. The van der Waals surface area contributed by atoms with Gasteiger partial charge in [0.05, 0.1) is 5.75 Å². The van der Waals surface area contributed by atoms with Crippen molar-refractivity contribution in [3.05, 3.63) is 0 Å². The molecule has 0 saturated heterocycles. The van der Waals surface area contributed by atoms with Gasteiger partial charge in [0, 0.05) is 25.8 Å². The SMILES string of the molecule is N[C@@H](CCCCNC(=O)CCCS(=O)(=O)NC(=O)CCCCCCCCCCCCCCCCC(=O)O)C(=O)O. The minimum Gasteiger partial charge on any atom is -0.481 e. The van der Waals surface area contributed by atoms with Gasteiger partial charge in [0.1, 0.15) is 6.04 Å². The van der Waals surface area contributed by atoms with Gasteiger partial charge in [-0.3, -0.25) is 23.9 Å². The van der Waals surface area contributed by atoms with Crippen LogP contribution in [0.2, 0.25) is 0 Å². The molecule has 0 aromatic carbocycles. The fourth-order valence-corrected chi connectivity index (χ4v) is 5.39. The molecular weight excluding hydrogens is 538 g/mol. The Morgan fingerprint density at radius 2 is 1.05 bits per heavy atom. The van der Waals surface area contributed by atoms with E-state index in [4.69, 9.17) is 15.9 Å². The standard InChI is InChI=1S/C28H53N3O8S/c29-24(28(36)37)18-15-16-22-30-25(32)20-17-23-40(38,39)31-26(33)19-13-11-9-7-5-3-1-2-4-6-8-10-12-14-21-27(34)35/h24H,1-23,29H2,(H,30,32)(H,31,33)(H,34,35)(H,36,37)/t24-/m0/s1. The van der Waals surface area contributed by atoms with Gasteiger partial charge < -0.3 is 21.3 Å². The van der Waals surface area contributed by atoms with E-state index in [0.717, 1.165) is 38.5 Å². The van der Waals surface area contributed by atoms with E-state index in [2.05, 4.69) is 10.0 Å². The lowest BCUT2D eigenvalue weighted by Crippen LogP contribution is -2.33. The fourth-order valence-electron chi connectivity index (χ4n) is 4.31. The summed E-state index contributed by atoms with van der Waals surface area (Å²) in [5, 5.41) is 20.0. The highest BCUT2D eigenvalue weighted by Crippen LogP contribution is 2.14. The molecule has 0 aromatic rings. The van der Waals surface area contributed by atoms with Crippen molar-refractivity contribution in [1.29, 1.82) is 0 Å². The Hall–Kier alpha value is -2.21. The van der Waals surface area contributed by atoms with Gasteiger partial charge in [-0.2, -0.15) is 0 Å². The Labute approximate surface area is 240 Å². The van der Waals surface area contributed by atoms with Crippen molar-refractivity contribution < 1.29 is 37.8 Å². The number of nitrogens with one attached hydrogen (secondary N) is 2. The van der Waals surface area contributed by atoms with Crippen LogP contribution in [-0.2, 0) is 29.2 Å². The predicted molar refractivity (Wildman–Crippen MR) is 155 cm³/mol. The van der Waals surface area contributed by atoms with E-state index in [1.807, 2.05) is 0 Å². The molecule has 234 valence electrons. The third-order valence-electron chi connectivity index (χ3n) is 6.71. The van der Waals surface area contributed by atoms with Crippen LogP contribution in [0.3, 0.4) is 0 Å². The number of hydrogen-bond donors (Lipinski definition) is 5. The first kappa shape index (κ1) is 37.8. The number of unbranched alkanes of at least 4 members (excludes halogenated alkanes) is 14. The molecule has 0 aliphatic carbocycles. The van der Waals surface area contributed by atoms with Crippen molar-refractivity contribution in [3.8, 4) is 0 Å². The lowest BCUT2D eigenvalue weighted by atomic mass is 10.0. The number of nitrogens with two attached hydrogens (primary N) is 1. The highest BCUT2D eigenvalue weighted by atomic mass is 32.2. The summed E-state index contributed by atoms with van der Waals surface area (Å²) in [6.45, 7) is 0.370. The average molecular weight is 592 g/mol. The van der Waals surface area contributed by atoms with Crippen molar-refractivity contribution in [2.45, 2.75) is 141 Å². The molecule has 0 aromatic heterocycles. The van der Waals surface area contributed by atoms with Crippen LogP contribution in [-0.4, -0.2) is 60.7 Å². The molecule has 0 radical (unpaired) electrons. The predicted octanol–water partition coefficient (Wildman–Crippen LogP) is 4.24. The van der Waals surface area contributed by atoms with Crippen molar-refractivity contribution in [2.24, 2.45) is 5.73 Å². The van der Waals surface area contributed by atoms with Crippen molar-refractivity contribution in [2.75, 3.05) is 12.3 Å². The van der Waals surface area contributed by atoms with E-state index in [-0.39, 0.29) is 37.3 Å². The normalized spacial score (nSPS) is 12.1. The highest BCUT2D eigenvalue weighted by Gasteiger charge is 2.15. The van der Waals surface area contributed by atoms with E-state index >= 15 is 0 Å². The minimum absolute atomic E-state index is 0.0277. The minimum atomic E-state index is -3.77. The van der Waals surface area contributed by atoms with Gasteiger partial charge in [0.25, 0.3) is 0 Å². The molecule has 0 heterocycles. The first-order valence-corrected chi connectivity index (χ1v) is 16.7. The van der Waals surface area contributed by atoms with E-state index in [1.165, 1.54) is 44.9 Å². The number of carboxylic acids is 2. The summed E-state index contributed by atoms with van der Waals surface area (Å²) < 4.78 is 26.2. The van der Waals surface area contributed by atoms with Crippen LogP contribution in [0.1, 0.15) is 135 Å². The van der Waals surface area contributed by atoms with Crippen molar-refractivity contribution in [1.82, 2.24) is 10.0 Å². The Balaban J connectivity index is 3.59. The van der Waals surface area contributed by atoms with Crippen LogP contribution in [0, 0.1) is 0 Å². The summed E-state index contributed by atoms with van der Waals surface area (Å²) in [4.78, 5) is 44.9. The van der Waals surface area contributed by atoms with Gasteiger partial charge in [0.2, 0.25) is 21.8 Å². The number of carbonyl (C=O) groups excluding carboxylic acids is 2. The van der Waals surface area contributed by atoms with Crippen LogP contribution < -0.4 is 15.8 Å². The van der Waals surface area contributed by atoms with Gasteiger partial charge in [-0.25, -0.2) is 8.42 Å². The van der Waals surface area contributed by atoms with Crippen LogP contribution >= 0.6 is 0 Å². The topological polar surface area (TPSA) is 193 Å². The molecule has 0 unspecified atom stereocenters. The van der Waals surface area contributed by atoms with Crippen LogP contribution in [0.4, 0.5) is 0 Å². The van der Waals surface area contributed by atoms with E-state index < -0.39 is 33.9 Å². The second kappa shape index (κ2) is 24.6. The molecule has 40 heavy (non-hydrogen) atoms. The molecule has 11 nitrogen and oxygen atoms in total. The first-order chi connectivity index (χ1) is 19.0. The van der Waals surface area contributed by atoms with Gasteiger partial charge >= 0.3 is 11.9 Å². The van der Waals surface area contributed by atoms with E-state index in [9.17, 15) is 27.6 Å². The maximum Gasteiger partial charge on any atom is 0.320 e. The lowest BCUT2D eigenvalue weighted by molar-refractivity contribution is -0.139. The van der Waals surface area contributed by atoms with Gasteiger partial charge in [0.15, 0.2) is 0 Å². The summed E-state index contributed by atoms with van der Waals surface area (Å²) in [5.74, 6) is -2.86. The Bertz CT molecular complexity index is 820. The summed E-state index contributed by atoms with van der Waals surface area (Å²) in [6.07, 6.45) is 17.1. The van der Waals surface area contributed by atoms with Crippen molar-refractivity contribution in [3.63, 3.8) is 0 Å². The average Bonchev–Trinajstić information content (AvgIpc) is 2.87. The number of rotatable bonds is 28. The summed E-state index contributed by atoms with van der Waals surface area (Å²) >= 11 is 0. The molecule has 0 rings (SSSR count). The zero-order valence-electron chi connectivity index (χ0n) is 24.2. The molecule has 0 fully saturated rings. The van der Waals surface area contributed by atoms with Gasteiger partial charge in [-0.05, 0) is 38.5 Å². The third-order valence-corrected chi connectivity index (χ3v) is 8.08. The van der Waals surface area contributed by atoms with Crippen molar-refractivity contribution >= 4 is 33.8 Å². The fraction of sp³-hybridized carbons (Fsp3) is 0.857. The third kappa shape index (κ3) is 26.0. The Kier molecular flexibility index (Phi) is 23.2. The maximum absolute atomic E-state index is 12.1. The van der Waals surface area contributed by atoms with Crippen LogP contribution in [0.25, 0.3) is 0 Å². The molecule has 0 spiro atoms. The monoisotopic (exact) mass is 591 g/mol. The summed E-state index contributed by atoms with van der Waals surface area (Å²) in [6, 6.07) is -0.908. The Morgan fingerprint density at radius 3 is 1.52 bits per heavy atom. The molecule has 0 aliphatic rings. The molecule has 6 N–H and O–H groups in total. The highest BCUT2D eigenvalue weighted by molar-refractivity contribution is 7.90. The number of hydrogen-bond acceptors (Lipinski definition) is 7. The molecular formula is C28H53N3O8S. The number of amides is 2. The molecule has 12 heteroatoms. The number of aliphatic carboxylic acids is 2. The zero-order chi connectivity index (χ0) is 30.1. The quantitative estimate of drug-likeness (QED) is 0.0827. The van der Waals surface area contributed by atoms with Gasteiger partial charge in [-0.1, -0.05) is 77.0 Å². The largest absolute Gasteiger partial charge is 0.481 e. The molecule has 2 amide bonds. The number of sulfonamides is 1.